The van der Waals surface area contributed by atoms with Crippen molar-refractivity contribution in [1.82, 2.24) is 20.2 Å². The first kappa shape index (κ1) is 19.3. The van der Waals surface area contributed by atoms with Gasteiger partial charge in [-0.2, -0.15) is 0 Å². The van der Waals surface area contributed by atoms with Gasteiger partial charge in [0.1, 0.15) is 17.0 Å². The smallest absolute Gasteiger partial charge is 0.234 e. The summed E-state index contributed by atoms with van der Waals surface area (Å²) < 4.78 is 10.4. The van der Waals surface area contributed by atoms with E-state index in [0.29, 0.717) is 38.5 Å². The number of hydrogen-bond donors (Lipinski definition) is 2. The molecule has 0 bridgehead atoms. The maximum Gasteiger partial charge on any atom is 0.234 e. The van der Waals surface area contributed by atoms with E-state index in [0.717, 1.165) is 10.9 Å². The summed E-state index contributed by atoms with van der Waals surface area (Å²) in [5, 5.41) is 12.9. The van der Waals surface area contributed by atoms with Crippen LogP contribution in [0.2, 0.25) is 5.02 Å². The highest BCUT2D eigenvalue weighted by Gasteiger charge is 2.14. The number of nitrogens with one attached hydrogen (secondary N) is 2. The molecule has 29 heavy (non-hydrogen) atoms. The van der Waals surface area contributed by atoms with Crippen molar-refractivity contribution in [3.05, 3.63) is 41.4 Å². The Morgan fingerprint density at radius 3 is 2.76 bits per heavy atom. The van der Waals surface area contributed by atoms with Crippen molar-refractivity contribution in [2.75, 3.05) is 25.3 Å². The number of halogens is 1. The van der Waals surface area contributed by atoms with Crippen LogP contribution in [0.15, 0.2) is 41.6 Å². The number of thioether (sulfide) groups is 1. The van der Waals surface area contributed by atoms with Gasteiger partial charge in [-0.1, -0.05) is 41.6 Å². The zero-order valence-electron chi connectivity index (χ0n) is 15.5. The quantitative estimate of drug-likeness (QED) is 0.448. The molecule has 2 aromatic carbocycles. The molecule has 4 aromatic rings. The van der Waals surface area contributed by atoms with Gasteiger partial charge in [0.15, 0.2) is 5.65 Å². The van der Waals surface area contributed by atoms with Gasteiger partial charge >= 0.3 is 0 Å². The Kier molecular flexibility index (Phi) is 5.41. The number of carbonyl (C=O) groups excluding carboxylic acids is 1. The summed E-state index contributed by atoms with van der Waals surface area (Å²) in [6.07, 6.45) is 0. The molecule has 2 heterocycles. The molecular weight excluding hydrogens is 414 g/mol. The lowest BCUT2D eigenvalue weighted by Crippen LogP contribution is -2.15. The van der Waals surface area contributed by atoms with Crippen LogP contribution < -0.4 is 14.8 Å². The second kappa shape index (κ2) is 8.14. The number of aromatic nitrogens is 4. The van der Waals surface area contributed by atoms with Gasteiger partial charge in [-0.05, 0) is 12.1 Å². The van der Waals surface area contributed by atoms with Crippen LogP contribution in [0.5, 0.6) is 11.5 Å². The highest BCUT2D eigenvalue weighted by Crippen LogP contribution is 2.36. The molecule has 0 aliphatic carbocycles. The molecule has 2 N–H and O–H groups in total. The van der Waals surface area contributed by atoms with E-state index in [-0.39, 0.29) is 11.7 Å². The Morgan fingerprint density at radius 1 is 1.17 bits per heavy atom. The van der Waals surface area contributed by atoms with E-state index in [1.54, 1.807) is 12.1 Å². The second-order valence-electron chi connectivity index (χ2n) is 5.99. The van der Waals surface area contributed by atoms with Crippen molar-refractivity contribution in [2.45, 2.75) is 5.16 Å². The highest BCUT2D eigenvalue weighted by molar-refractivity contribution is 7.99. The van der Waals surface area contributed by atoms with Crippen molar-refractivity contribution in [2.24, 2.45) is 0 Å². The van der Waals surface area contributed by atoms with Gasteiger partial charge in [-0.15, -0.1) is 10.2 Å². The van der Waals surface area contributed by atoms with Gasteiger partial charge in [0.05, 0.1) is 30.7 Å². The first-order chi connectivity index (χ1) is 14.1. The fourth-order valence-electron chi connectivity index (χ4n) is 2.84. The first-order valence-corrected chi connectivity index (χ1v) is 9.90. The summed E-state index contributed by atoms with van der Waals surface area (Å²) in [4.78, 5) is 20.0. The Morgan fingerprint density at radius 2 is 1.97 bits per heavy atom. The molecule has 148 valence electrons. The Hall–Kier alpha value is -3.04. The van der Waals surface area contributed by atoms with Crippen LogP contribution in [0.3, 0.4) is 0 Å². The molecule has 4 rings (SSSR count). The van der Waals surface area contributed by atoms with Crippen LogP contribution in [0.4, 0.5) is 5.69 Å². The minimum absolute atomic E-state index is 0.0974. The second-order valence-corrected chi connectivity index (χ2v) is 7.34. The Bertz CT molecular complexity index is 1210. The summed E-state index contributed by atoms with van der Waals surface area (Å²) in [5.74, 6) is 0.749. The Balaban J connectivity index is 1.47. The number of carbonyl (C=O) groups is 1. The van der Waals surface area contributed by atoms with Gasteiger partial charge in [0.25, 0.3) is 0 Å². The average Bonchev–Trinajstić information content (AvgIpc) is 3.10. The standard InChI is InChI=1S/C19H16ClN5O3S/c1-27-14-8-15(28-2)13(7-11(14)20)21-16(26)9-29-19-23-18-17(24-25-19)10-5-3-4-6-12(10)22-18/h3-8H,9H2,1-2H3,(H,21,26)(H,22,23,25). The maximum absolute atomic E-state index is 12.4. The van der Waals surface area contributed by atoms with E-state index >= 15 is 0 Å². The van der Waals surface area contributed by atoms with Crippen molar-refractivity contribution < 1.29 is 14.3 Å². The predicted molar refractivity (Wildman–Crippen MR) is 113 cm³/mol. The average molecular weight is 430 g/mol. The monoisotopic (exact) mass is 429 g/mol. The summed E-state index contributed by atoms with van der Waals surface area (Å²) >= 11 is 7.32. The van der Waals surface area contributed by atoms with E-state index in [2.05, 4.69) is 25.5 Å². The number of ether oxygens (including phenoxy) is 2. The molecule has 0 spiro atoms. The third kappa shape index (κ3) is 3.92. The number of rotatable bonds is 6. The van der Waals surface area contributed by atoms with Gasteiger partial charge in [0, 0.05) is 17.0 Å². The highest BCUT2D eigenvalue weighted by atomic mass is 35.5. The van der Waals surface area contributed by atoms with Crippen molar-refractivity contribution in [3.8, 4) is 11.5 Å². The molecule has 0 unspecified atom stereocenters. The molecule has 0 saturated carbocycles. The summed E-state index contributed by atoms with van der Waals surface area (Å²) in [6, 6.07) is 11.0. The molecule has 8 nitrogen and oxygen atoms in total. The van der Waals surface area contributed by atoms with Crippen molar-refractivity contribution >= 4 is 57.0 Å². The van der Waals surface area contributed by atoms with Gasteiger partial charge in [0.2, 0.25) is 11.1 Å². The fraction of sp³-hybridized carbons (Fsp3) is 0.158. The molecule has 0 fully saturated rings. The third-order valence-corrected chi connectivity index (χ3v) is 5.32. The minimum Gasteiger partial charge on any atom is -0.495 e. The lowest BCUT2D eigenvalue weighted by Gasteiger charge is -2.12. The zero-order chi connectivity index (χ0) is 20.4. The number of nitrogens with zero attached hydrogens (tertiary/aromatic N) is 3. The van der Waals surface area contributed by atoms with Crippen molar-refractivity contribution in [1.29, 1.82) is 0 Å². The van der Waals surface area contributed by atoms with E-state index in [4.69, 9.17) is 21.1 Å². The summed E-state index contributed by atoms with van der Waals surface area (Å²) in [5.41, 5.74) is 2.72. The number of para-hydroxylation sites is 1. The molecular formula is C19H16ClN5O3S. The zero-order valence-corrected chi connectivity index (χ0v) is 17.1. The number of H-pyrrole nitrogens is 1. The predicted octanol–water partition coefficient (Wildman–Crippen LogP) is 3.91. The number of benzene rings is 2. The molecule has 2 aromatic heterocycles. The third-order valence-electron chi connectivity index (χ3n) is 4.18. The molecule has 0 saturated heterocycles. The maximum atomic E-state index is 12.4. The fourth-order valence-corrected chi connectivity index (χ4v) is 3.67. The summed E-state index contributed by atoms with van der Waals surface area (Å²) in [6.45, 7) is 0. The number of amides is 1. The van der Waals surface area contributed by atoms with Crippen LogP contribution in [-0.2, 0) is 4.79 Å². The molecule has 0 aliphatic rings. The van der Waals surface area contributed by atoms with Crippen LogP contribution in [0.1, 0.15) is 0 Å². The SMILES string of the molecule is COc1cc(OC)c(NC(=O)CSc2nnc3c(n2)[nH]c2ccccc23)cc1Cl. The number of anilines is 1. The lowest BCUT2D eigenvalue weighted by atomic mass is 10.2. The van der Waals surface area contributed by atoms with Crippen LogP contribution in [0.25, 0.3) is 22.1 Å². The molecule has 0 aliphatic heterocycles. The Labute approximate surface area is 175 Å². The van der Waals surface area contributed by atoms with Crippen LogP contribution in [-0.4, -0.2) is 46.0 Å². The van der Waals surface area contributed by atoms with Gasteiger partial charge in [-0.25, -0.2) is 4.98 Å². The molecule has 0 atom stereocenters. The number of aromatic amines is 1. The minimum atomic E-state index is -0.255. The molecule has 1 amide bonds. The lowest BCUT2D eigenvalue weighted by molar-refractivity contribution is -0.113. The van der Waals surface area contributed by atoms with E-state index in [1.807, 2.05) is 24.3 Å². The molecule has 0 radical (unpaired) electrons. The largest absolute Gasteiger partial charge is 0.495 e. The number of hydrogen-bond acceptors (Lipinski definition) is 7. The molecule has 10 heteroatoms. The van der Waals surface area contributed by atoms with E-state index < -0.39 is 0 Å². The van der Waals surface area contributed by atoms with Gasteiger partial charge < -0.3 is 19.8 Å². The van der Waals surface area contributed by atoms with E-state index in [9.17, 15) is 4.79 Å². The number of methoxy groups -OCH3 is 2. The topological polar surface area (TPSA) is 102 Å². The van der Waals surface area contributed by atoms with E-state index in [1.165, 1.54) is 26.0 Å². The van der Waals surface area contributed by atoms with Crippen molar-refractivity contribution in [3.63, 3.8) is 0 Å². The summed E-state index contributed by atoms with van der Waals surface area (Å²) in [7, 11) is 3.01. The van der Waals surface area contributed by atoms with Gasteiger partial charge in [-0.3, -0.25) is 4.79 Å². The number of fused-ring (bicyclic) bond motifs is 3. The van der Waals surface area contributed by atoms with Crippen LogP contribution >= 0.6 is 23.4 Å². The first-order valence-electron chi connectivity index (χ1n) is 8.54. The van der Waals surface area contributed by atoms with Crippen LogP contribution in [0, 0.1) is 0 Å². The normalized spacial score (nSPS) is 11.0.